The predicted molar refractivity (Wildman–Crippen MR) is 69.9 cm³/mol. The Hall–Kier alpha value is -1.18. The molecule has 17 heavy (non-hydrogen) atoms. The third kappa shape index (κ3) is 3.39. The molecule has 1 aliphatic rings. The molecule has 1 aromatic rings. The van der Waals surface area contributed by atoms with Crippen LogP contribution in [0.5, 0.6) is 11.5 Å². The highest BCUT2D eigenvalue weighted by atomic mass is 16.5. The standard InChI is InChI=1S/C15H22O2/c1-10(2)14-9-13(17-12-5-6-12)7-8-15(14)16-11(3)4/h7-12H,5-6H2,1-4H3. The maximum absolute atomic E-state index is 5.83. The lowest BCUT2D eigenvalue weighted by atomic mass is 10.0. The minimum absolute atomic E-state index is 0.211. The molecule has 1 saturated carbocycles. The van der Waals surface area contributed by atoms with Crippen molar-refractivity contribution in [2.75, 3.05) is 0 Å². The molecule has 2 heteroatoms. The van der Waals surface area contributed by atoms with E-state index in [4.69, 9.17) is 9.47 Å². The van der Waals surface area contributed by atoms with Gasteiger partial charge in [0.1, 0.15) is 11.5 Å². The third-order valence-electron chi connectivity index (χ3n) is 2.79. The molecule has 0 bridgehead atoms. The zero-order valence-corrected chi connectivity index (χ0v) is 11.2. The maximum atomic E-state index is 5.83. The van der Waals surface area contributed by atoms with Gasteiger partial charge in [-0.25, -0.2) is 0 Å². The average molecular weight is 234 g/mol. The average Bonchev–Trinajstić information content (AvgIpc) is 3.03. The number of ether oxygens (including phenoxy) is 2. The summed E-state index contributed by atoms with van der Waals surface area (Å²) in [4.78, 5) is 0. The van der Waals surface area contributed by atoms with Gasteiger partial charge in [-0.1, -0.05) is 13.8 Å². The van der Waals surface area contributed by atoms with Crippen molar-refractivity contribution in [1.82, 2.24) is 0 Å². The molecule has 0 unspecified atom stereocenters. The third-order valence-corrected chi connectivity index (χ3v) is 2.79. The maximum Gasteiger partial charge on any atom is 0.123 e. The summed E-state index contributed by atoms with van der Waals surface area (Å²) < 4.78 is 11.6. The number of benzene rings is 1. The summed E-state index contributed by atoms with van der Waals surface area (Å²) in [5.41, 5.74) is 1.23. The van der Waals surface area contributed by atoms with Crippen LogP contribution in [0.15, 0.2) is 18.2 Å². The quantitative estimate of drug-likeness (QED) is 0.762. The minimum Gasteiger partial charge on any atom is -0.491 e. The lowest BCUT2D eigenvalue weighted by Crippen LogP contribution is -2.08. The van der Waals surface area contributed by atoms with Crippen LogP contribution in [-0.4, -0.2) is 12.2 Å². The predicted octanol–water partition coefficient (Wildman–Crippen LogP) is 4.14. The SMILES string of the molecule is CC(C)Oc1ccc(OC2CC2)cc1C(C)C. The first-order valence-electron chi connectivity index (χ1n) is 6.53. The van der Waals surface area contributed by atoms with Crippen molar-refractivity contribution in [3.8, 4) is 11.5 Å². The molecule has 0 saturated heterocycles. The summed E-state index contributed by atoms with van der Waals surface area (Å²) in [6, 6.07) is 6.18. The van der Waals surface area contributed by atoms with Gasteiger partial charge < -0.3 is 9.47 Å². The first kappa shape index (κ1) is 12.3. The zero-order chi connectivity index (χ0) is 12.4. The van der Waals surface area contributed by atoms with E-state index in [1.54, 1.807) is 0 Å². The Bertz CT molecular complexity index is 379. The van der Waals surface area contributed by atoms with E-state index in [-0.39, 0.29) is 6.10 Å². The highest BCUT2D eigenvalue weighted by Gasteiger charge is 2.24. The molecule has 1 aromatic carbocycles. The normalized spacial score (nSPS) is 15.4. The molecule has 0 radical (unpaired) electrons. The topological polar surface area (TPSA) is 18.5 Å². The van der Waals surface area contributed by atoms with Crippen molar-refractivity contribution < 1.29 is 9.47 Å². The molecule has 0 aromatic heterocycles. The van der Waals surface area contributed by atoms with Crippen LogP contribution in [-0.2, 0) is 0 Å². The van der Waals surface area contributed by atoms with E-state index >= 15 is 0 Å². The van der Waals surface area contributed by atoms with E-state index in [2.05, 4.69) is 33.8 Å². The first-order valence-corrected chi connectivity index (χ1v) is 6.53. The fourth-order valence-electron chi connectivity index (χ4n) is 1.79. The van der Waals surface area contributed by atoms with Gasteiger partial charge in [0.05, 0.1) is 12.2 Å². The molecule has 0 heterocycles. The Labute approximate surface area is 104 Å². The molecule has 0 atom stereocenters. The van der Waals surface area contributed by atoms with E-state index in [1.165, 1.54) is 18.4 Å². The lowest BCUT2D eigenvalue weighted by molar-refractivity contribution is 0.238. The van der Waals surface area contributed by atoms with Gasteiger partial charge >= 0.3 is 0 Å². The van der Waals surface area contributed by atoms with E-state index in [9.17, 15) is 0 Å². The Kier molecular flexibility index (Phi) is 3.60. The Morgan fingerprint density at radius 2 is 1.82 bits per heavy atom. The molecule has 94 valence electrons. The second-order valence-corrected chi connectivity index (χ2v) is 5.34. The molecule has 0 aliphatic heterocycles. The summed E-state index contributed by atoms with van der Waals surface area (Å²) in [5, 5.41) is 0. The molecule has 0 amide bonds. The highest BCUT2D eigenvalue weighted by Crippen LogP contribution is 2.33. The smallest absolute Gasteiger partial charge is 0.123 e. The lowest BCUT2D eigenvalue weighted by Gasteiger charge is -2.17. The minimum atomic E-state index is 0.211. The van der Waals surface area contributed by atoms with E-state index in [0.717, 1.165) is 11.5 Å². The molecular formula is C15H22O2. The molecule has 0 N–H and O–H groups in total. The molecule has 0 spiro atoms. The fourth-order valence-corrected chi connectivity index (χ4v) is 1.79. The van der Waals surface area contributed by atoms with Crippen LogP contribution >= 0.6 is 0 Å². The van der Waals surface area contributed by atoms with Gasteiger partial charge in [-0.15, -0.1) is 0 Å². The molecular weight excluding hydrogens is 212 g/mol. The van der Waals surface area contributed by atoms with Crippen LogP contribution in [0.2, 0.25) is 0 Å². The van der Waals surface area contributed by atoms with Crippen molar-refractivity contribution in [2.45, 2.75) is 58.7 Å². The second kappa shape index (κ2) is 4.99. The van der Waals surface area contributed by atoms with Crippen LogP contribution in [0.1, 0.15) is 52.0 Å². The van der Waals surface area contributed by atoms with Crippen LogP contribution < -0.4 is 9.47 Å². The largest absolute Gasteiger partial charge is 0.491 e. The van der Waals surface area contributed by atoms with Crippen LogP contribution in [0.25, 0.3) is 0 Å². The van der Waals surface area contributed by atoms with Gasteiger partial charge in [-0.2, -0.15) is 0 Å². The van der Waals surface area contributed by atoms with Gasteiger partial charge in [0.25, 0.3) is 0 Å². The van der Waals surface area contributed by atoms with Gasteiger partial charge in [0, 0.05) is 5.56 Å². The van der Waals surface area contributed by atoms with Crippen molar-refractivity contribution in [3.05, 3.63) is 23.8 Å². The van der Waals surface area contributed by atoms with Crippen LogP contribution in [0, 0.1) is 0 Å². The second-order valence-electron chi connectivity index (χ2n) is 5.34. The Balaban J connectivity index is 2.19. The van der Waals surface area contributed by atoms with Gasteiger partial charge in [0.15, 0.2) is 0 Å². The monoisotopic (exact) mass is 234 g/mol. The molecule has 1 aliphatic carbocycles. The molecule has 2 rings (SSSR count). The van der Waals surface area contributed by atoms with E-state index in [1.807, 2.05) is 12.1 Å². The summed E-state index contributed by atoms with van der Waals surface area (Å²) in [7, 11) is 0. The van der Waals surface area contributed by atoms with Crippen LogP contribution in [0.4, 0.5) is 0 Å². The van der Waals surface area contributed by atoms with E-state index in [0.29, 0.717) is 12.0 Å². The summed E-state index contributed by atoms with van der Waals surface area (Å²) in [6.07, 6.45) is 3.05. The Morgan fingerprint density at radius 1 is 1.12 bits per heavy atom. The first-order chi connectivity index (χ1) is 8.06. The van der Waals surface area contributed by atoms with Gasteiger partial charge in [0.2, 0.25) is 0 Å². The van der Waals surface area contributed by atoms with Gasteiger partial charge in [-0.3, -0.25) is 0 Å². The van der Waals surface area contributed by atoms with Crippen molar-refractivity contribution in [2.24, 2.45) is 0 Å². The van der Waals surface area contributed by atoms with E-state index < -0.39 is 0 Å². The van der Waals surface area contributed by atoms with Crippen LogP contribution in [0.3, 0.4) is 0 Å². The van der Waals surface area contributed by atoms with Crippen molar-refractivity contribution in [1.29, 1.82) is 0 Å². The zero-order valence-electron chi connectivity index (χ0n) is 11.2. The van der Waals surface area contributed by atoms with Crippen molar-refractivity contribution in [3.63, 3.8) is 0 Å². The fraction of sp³-hybridized carbons (Fsp3) is 0.600. The number of hydrogen-bond acceptors (Lipinski definition) is 2. The summed E-state index contributed by atoms with van der Waals surface area (Å²) >= 11 is 0. The van der Waals surface area contributed by atoms with Crippen molar-refractivity contribution >= 4 is 0 Å². The highest BCUT2D eigenvalue weighted by molar-refractivity contribution is 5.42. The molecule has 1 fully saturated rings. The summed E-state index contributed by atoms with van der Waals surface area (Å²) in [5.74, 6) is 2.41. The number of rotatable bonds is 5. The summed E-state index contributed by atoms with van der Waals surface area (Å²) in [6.45, 7) is 8.48. The molecule has 2 nitrogen and oxygen atoms in total. The number of hydrogen-bond donors (Lipinski definition) is 0. The Morgan fingerprint density at radius 3 is 2.35 bits per heavy atom. The van der Waals surface area contributed by atoms with Gasteiger partial charge in [-0.05, 0) is 50.8 Å².